The predicted molar refractivity (Wildman–Crippen MR) is 115 cm³/mol. The first-order valence-electron chi connectivity index (χ1n) is 10.1. The lowest BCUT2D eigenvalue weighted by Gasteiger charge is -2.18. The monoisotopic (exact) mass is 384 g/mol. The van der Waals surface area contributed by atoms with E-state index in [1.165, 1.54) is 16.8 Å². The molecular weight excluding hydrogens is 359 g/mol. The van der Waals surface area contributed by atoms with Crippen LogP contribution in [0.1, 0.15) is 41.1 Å². The molecule has 0 aliphatic rings. The second-order valence-electron chi connectivity index (χ2n) is 7.41. The standard InChI is InChI=1S/C26H25FN2/c27-24-16-14-23(15-17-24)26(22-10-5-2-6-11-22)13-7-12-25-18-28-20-29(25)19-21-8-3-1-4-9-21/h1-6,8-11,14-18,20,26H,7,12-13,19H2. The van der Waals surface area contributed by atoms with Gasteiger partial charge in [-0.3, -0.25) is 0 Å². The lowest BCUT2D eigenvalue weighted by Crippen LogP contribution is -2.06. The number of benzene rings is 3. The van der Waals surface area contributed by atoms with E-state index in [0.717, 1.165) is 31.4 Å². The molecule has 0 spiro atoms. The first-order chi connectivity index (χ1) is 14.3. The van der Waals surface area contributed by atoms with Crippen LogP contribution in [0.4, 0.5) is 4.39 Å². The number of rotatable bonds is 8. The van der Waals surface area contributed by atoms with Crippen LogP contribution in [0.5, 0.6) is 0 Å². The Morgan fingerprint density at radius 1 is 0.793 bits per heavy atom. The van der Waals surface area contributed by atoms with E-state index in [4.69, 9.17) is 0 Å². The van der Waals surface area contributed by atoms with Gasteiger partial charge in [-0.25, -0.2) is 9.37 Å². The maximum absolute atomic E-state index is 13.4. The van der Waals surface area contributed by atoms with Crippen molar-refractivity contribution < 1.29 is 4.39 Å². The van der Waals surface area contributed by atoms with E-state index in [-0.39, 0.29) is 11.7 Å². The molecule has 146 valence electrons. The van der Waals surface area contributed by atoms with Crippen molar-refractivity contribution in [3.63, 3.8) is 0 Å². The van der Waals surface area contributed by atoms with Gasteiger partial charge < -0.3 is 4.57 Å². The summed E-state index contributed by atoms with van der Waals surface area (Å²) in [5.74, 6) is 0.0765. The minimum absolute atomic E-state index is 0.189. The molecule has 4 aromatic rings. The number of halogens is 1. The van der Waals surface area contributed by atoms with Crippen LogP contribution in [0.25, 0.3) is 0 Å². The van der Waals surface area contributed by atoms with E-state index in [9.17, 15) is 4.39 Å². The van der Waals surface area contributed by atoms with Crippen molar-refractivity contribution in [2.24, 2.45) is 0 Å². The quantitative estimate of drug-likeness (QED) is 0.352. The van der Waals surface area contributed by atoms with Crippen LogP contribution in [-0.2, 0) is 13.0 Å². The summed E-state index contributed by atoms with van der Waals surface area (Å²) in [6.45, 7) is 0.844. The minimum Gasteiger partial charge on any atom is -0.330 e. The largest absolute Gasteiger partial charge is 0.330 e. The van der Waals surface area contributed by atoms with Crippen LogP contribution in [-0.4, -0.2) is 9.55 Å². The molecule has 1 unspecified atom stereocenters. The van der Waals surface area contributed by atoms with Gasteiger partial charge in [0.15, 0.2) is 0 Å². The molecule has 0 saturated heterocycles. The normalized spacial score (nSPS) is 12.0. The number of hydrogen-bond donors (Lipinski definition) is 0. The van der Waals surface area contributed by atoms with Crippen LogP contribution in [0.3, 0.4) is 0 Å². The Bertz CT molecular complexity index is 1010. The predicted octanol–water partition coefficient (Wildman–Crippen LogP) is 6.23. The number of nitrogens with zero attached hydrogens (tertiary/aromatic N) is 2. The highest BCUT2D eigenvalue weighted by atomic mass is 19.1. The fraction of sp³-hybridized carbons (Fsp3) is 0.192. The van der Waals surface area contributed by atoms with Crippen LogP contribution in [0.15, 0.2) is 97.5 Å². The highest BCUT2D eigenvalue weighted by molar-refractivity contribution is 5.32. The van der Waals surface area contributed by atoms with Crippen molar-refractivity contribution in [3.05, 3.63) is 126 Å². The summed E-state index contributed by atoms with van der Waals surface area (Å²) in [6, 6.07) is 27.9. The van der Waals surface area contributed by atoms with Gasteiger partial charge in [0.05, 0.1) is 6.33 Å². The molecule has 2 nitrogen and oxygen atoms in total. The Morgan fingerprint density at radius 3 is 2.17 bits per heavy atom. The van der Waals surface area contributed by atoms with Gasteiger partial charge in [-0.2, -0.15) is 0 Å². The molecular formula is C26H25FN2. The van der Waals surface area contributed by atoms with Crippen LogP contribution in [0.2, 0.25) is 0 Å². The zero-order valence-corrected chi connectivity index (χ0v) is 16.4. The van der Waals surface area contributed by atoms with Crippen LogP contribution < -0.4 is 0 Å². The maximum atomic E-state index is 13.4. The van der Waals surface area contributed by atoms with Gasteiger partial charge in [-0.05, 0) is 48.1 Å². The highest BCUT2D eigenvalue weighted by Gasteiger charge is 2.14. The summed E-state index contributed by atoms with van der Waals surface area (Å²) in [7, 11) is 0. The van der Waals surface area contributed by atoms with E-state index in [1.54, 1.807) is 12.1 Å². The topological polar surface area (TPSA) is 17.8 Å². The van der Waals surface area contributed by atoms with Crippen molar-refractivity contribution >= 4 is 0 Å². The molecule has 0 aliphatic heterocycles. The maximum Gasteiger partial charge on any atom is 0.123 e. The zero-order chi connectivity index (χ0) is 19.9. The second kappa shape index (κ2) is 9.33. The van der Waals surface area contributed by atoms with E-state index in [1.807, 2.05) is 36.8 Å². The first-order valence-corrected chi connectivity index (χ1v) is 10.1. The summed E-state index contributed by atoms with van der Waals surface area (Å²) in [5.41, 5.74) is 4.97. The lowest BCUT2D eigenvalue weighted by molar-refractivity contribution is 0.618. The van der Waals surface area contributed by atoms with Crippen molar-refractivity contribution in [2.45, 2.75) is 31.7 Å². The van der Waals surface area contributed by atoms with E-state index < -0.39 is 0 Å². The summed E-state index contributed by atoms with van der Waals surface area (Å²) in [5, 5.41) is 0. The van der Waals surface area contributed by atoms with Crippen molar-refractivity contribution in [3.8, 4) is 0 Å². The van der Waals surface area contributed by atoms with Gasteiger partial charge in [0.1, 0.15) is 5.82 Å². The summed E-state index contributed by atoms with van der Waals surface area (Å²) >= 11 is 0. The van der Waals surface area contributed by atoms with Crippen molar-refractivity contribution in [2.75, 3.05) is 0 Å². The molecule has 0 aliphatic carbocycles. The second-order valence-corrected chi connectivity index (χ2v) is 7.41. The molecule has 1 heterocycles. The smallest absolute Gasteiger partial charge is 0.123 e. The van der Waals surface area contributed by atoms with E-state index in [2.05, 4.69) is 58.1 Å². The van der Waals surface area contributed by atoms with Gasteiger partial charge in [-0.1, -0.05) is 72.8 Å². The van der Waals surface area contributed by atoms with Gasteiger partial charge in [0, 0.05) is 24.4 Å². The molecule has 0 amide bonds. The van der Waals surface area contributed by atoms with Crippen molar-refractivity contribution in [1.82, 2.24) is 9.55 Å². The summed E-state index contributed by atoms with van der Waals surface area (Å²) in [6.07, 6.45) is 6.90. The van der Waals surface area contributed by atoms with Crippen molar-refractivity contribution in [1.29, 1.82) is 0 Å². The van der Waals surface area contributed by atoms with E-state index in [0.29, 0.717) is 0 Å². The molecule has 3 aromatic carbocycles. The minimum atomic E-state index is -0.189. The van der Waals surface area contributed by atoms with Gasteiger partial charge in [0.25, 0.3) is 0 Å². The van der Waals surface area contributed by atoms with Crippen LogP contribution >= 0.6 is 0 Å². The number of aryl methyl sites for hydroxylation is 1. The first kappa shape index (κ1) is 19.1. The van der Waals surface area contributed by atoms with Gasteiger partial charge in [-0.15, -0.1) is 0 Å². The molecule has 0 saturated carbocycles. The summed E-state index contributed by atoms with van der Waals surface area (Å²) < 4.78 is 15.6. The molecule has 1 aromatic heterocycles. The number of hydrogen-bond acceptors (Lipinski definition) is 1. The third-order valence-corrected chi connectivity index (χ3v) is 5.39. The van der Waals surface area contributed by atoms with Crippen LogP contribution in [0, 0.1) is 5.82 Å². The third-order valence-electron chi connectivity index (χ3n) is 5.39. The van der Waals surface area contributed by atoms with E-state index >= 15 is 0 Å². The molecule has 29 heavy (non-hydrogen) atoms. The Labute approximate surface area is 171 Å². The fourth-order valence-electron chi connectivity index (χ4n) is 3.87. The Balaban J connectivity index is 1.45. The lowest BCUT2D eigenvalue weighted by atomic mass is 9.87. The average molecular weight is 384 g/mol. The zero-order valence-electron chi connectivity index (χ0n) is 16.4. The molecule has 1 atom stereocenters. The Kier molecular flexibility index (Phi) is 6.16. The highest BCUT2D eigenvalue weighted by Crippen LogP contribution is 2.30. The number of aromatic nitrogens is 2. The molecule has 0 fully saturated rings. The molecule has 0 bridgehead atoms. The average Bonchev–Trinajstić information content (AvgIpc) is 3.20. The third kappa shape index (κ3) is 5.00. The van der Waals surface area contributed by atoms with Gasteiger partial charge >= 0.3 is 0 Å². The Hall–Kier alpha value is -3.20. The Morgan fingerprint density at radius 2 is 1.45 bits per heavy atom. The molecule has 0 N–H and O–H groups in total. The fourth-order valence-corrected chi connectivity index (χ4v) is 3.87. The molecule has 4 rings (SSSR count). The van der Waals surface area contributed by atoms with Gasteiger partial charge in [0.2, 0.25) is 0 Å². The summed E-state index contributed by atoms with van der Waals surface area (Å²) in [4.78, 5) is 4.36. The molecule has 3 heteroatoms. The molecule has 0 radical (unpaired) electrons. The number of imidazole rings is 1. The SMILES string of the molecule is Fc1ccc(C(CCCc2cncn2Cc2ccccc2)c2ccccc2)cc1.